The van der Waals surface area contributed by atoms with Gasteiger partial charge in [-0.25, -0.2) is 0 Å². The van der Waals surface area contributed by atoms with Gasteiger partial charge in [0.25, 0.3) is 0 Å². The van der Waals surface area contributed by atoms with Crippen LogP contribution in [-0.4, -0.2) is 28.6 Å². The molecule has 1 rings (SSSR count). The SMILES string of the molecule is CC(CO)SCCC(=O)Nc1c(Cl)cc(N)cc1Cl. The first-order chi connectivity index (χ1) is 8.93. The summed E-state index contributed by atoms with van der Waals surface area (Å²) < 4.78 is 0. The first kappa shape index (κ1) is 16.4. The average molecular weight is 323 g/mol. The van der Waals surface area contributed by atoms with Crippen LogP contribution in [0.15, 0.2) is 12.1 Å². The molecule has 1 aromatic carbocycles. The molecule has 0 bridgehead atoms. The van der Waals surface area contributed by atoms with E-state index in [4.69, 9.17) is 34.0 Å². The number of anilines is 2. The number of aliphatic hydroxyl groups is 1. The van der Waals surface area contributed by atoms with Crippen LogP contribution in [0.5, 0.6) is 0 Å². The third kappa shape index (κ3) is 5.48. The molecule has 106 valence electrons. The normalized spacial score (nSPS) is 12.2. The van der Waals surface area contributed by atoms with E-state index >= 15 is 0 Å². The number of benzene rings is 1. The zero-order chi connectivity index (χ0) is 14.4. The third-order valence-electron chi connectivity index (χ3n) is 2.32. The van der Waals surface area contributed by atoms with Gasteiger partial charge in [-0.2, -0.15) is 11.8 Å². The van der Waals surface area contributed by atoms with E-state index in [0.717, 1.165) is 0 Å². The van der Waals surface area contributed by atoms with Gasteiger partial charge in [0, 0.05) is 23.1 Å². The molecule has 7 heteroatoms. The van der Waals surface area contributed by atoms with Gasteiger partial charge in [-0.05, 0) is 12.1 Å². The second-order valence-corrected chi connectivity index (χ2v) is 6.38. The van der Waals surface area contributed by atoms with E-state index < -0.39 is 0 Å². The Bertz CT molecular complexity index is 434. The Hall–Kier alpha value is -0.620. The predicted molar refractivity (Wildman–Crippen MR) is 83.1 cm³/mol. The van der Waals surface area contributed by atoms with Gasteiger partial charge in [0.1, 0.15) is 0 Å². The Labute approximate surface area is 126 Å². The quantitative estimate of drug-likeness (QED) is 0.704. The summed E-state index contributed by atoms with van der Waals surface area (Å²) in [5.74, 6) is 0.448. The first-order valence-corrected chi connectivity index (χ1v) is 7.51. The lowest BCUT2D eigenvalue weighted by Crippen LogP contribution is -2.14. The van der Waals surface area contributed by atoms with Crippen molar-refractivity contribution in [2.24, 2.45) is 0 Å². The van der Waals surface area contributed by atoms with Crippen LogP contribution in [0, 0.1) is 0 Å². The molecule has 4 N–H and O–H groups in total. The lowest BCUT2D eigenvalue weighted by atomic mass is 10.2. The molecular formula is C12H16Cl2N2O2S. The molecule has 0 aliphatic rings. The minimum absolute atomic E-state index is 0.0991. The highest BCUT2D eigenvalue weighted by Crippen LogP contribution is 2.32. The van der Waals surface area contributed by atoms with Crippen molar-refractivity contribution in [1.82, 2.24) is 0 Å². The van der Waals surface area contributed by atoms with E-state index in [1.807, 2.05) is 6.92 Å². The summed E-state index contributed by atoms with van der Waals surface area (Å²) in [5, 5.41) is 12.3. The van der Waals surface area contributed by atoms with Crippen LogP contribution < -0.4 is 11.1 Å². The standard InChI is InChI=1S/C12H16Cl2N2O2S/c1-7(6-17)19-3-2-11(18)16-12-9(13)4-8(15)5-10(12)14/h4-5,7,17H,2-3,6,15H2,1H3,(H,16,18). The summed E-state index contributed by atoms with van der Waals surface area (Å²) in [6.45, 7) is 2.00. The maximum atomic E-state index is 11.7. The number of nitrogens with one attached hydrogen (secondary N) is 1. The fourth-order valence-corrected chi connectivity index (χ4v) is 2.73. The van der Waals surface area contributed by atoms with Gasteiger partial charge < -0.3 is 16.2 Å². The molecule has 0 saturated heterocycles. The molecule has 0 heterocycles. The predicted octanol–water partition coefficient (Wildman–Crippen LogP) is 3.02. The number of rotatable bonds is 6. The molecule has 0 aromatic heterocycles. The molecule has 1 aromatic rings. The van der Waals surface area contributed by atoms with E-state index in [1.54, 1.807) is 0 Å². The third-order valence-corrected chi connectivity index (χ3v) is 4.07. The van der Waals surface area contributed by atoms with Crippen molar-refractivity contribution < 1.29 is 9.90 Å². The van der Waals surface area contributed by atoms with Gasteiger partial charge in [-0.3, -0.25) is 4.79 Å². The average Bonchev–Trinajstić information content (AvgIpc) is 2.33. The highest BCUT2D eigenvalue weighted by atomic mass is 35.5. The number of amides is 1. The molecule has 0 radical (unpaired) electrons. The fraction of sp³-hybridized carbons (Fsp3) is 0.417. The number of nitrogens with two attached hydrogens (primary N) is 1. The molecular weight excluding hydrogens is 307 g/mol. The minimum Gasteiger partial charge on any atom is -0.399 e. The second kappa shape index (κ2) is 7.85. The summed E-state index contributed by atoms with van der Waals surface area (Å²) in [5.41, 5.74) is 6.40. The minimum atomic E-state index is -0.175. The van der Waals surface area contributed by atoms with Crippen LogP contribution in [-0.2, 0) is 4.79 Å². The Balaban J connectivity index is 2.53. The Kier molecular flexibility index (Phi) is 6.79. The highest BCUT2D eigenvalue weighted by molar-refractivity contribution is 7.99. The Morgan fingerprint density at radius 2 is 2.05 bits per heavy atom. The molecule has 0 fully saturated rings. The van der Waals surface area contributed by atoms with Crippen LogP contribution in [0.3, 0.4) is 0 Å². The number of nitrogen functional groups attached to an aromatic ring is 1. The van der Waals surface area contributed by atoms with Crippen molar-refractivity contribution in [3.05, 3.63) is 22.2 Å². The van der Waals surface area contributed by atoms with Crippen molar-refractivity contribution in [2.45, 2.75) is 18.6 Å². The topological polar surface area (TPSA) is 75.3 Å². The maximum absolute atomic E-state index is 11.7. The van der Waals surface area contributed by atoms with Crippen molar-refractivity contribution >= 4 is 52.2 Å². The van der Waals surface area contributed by atoms with Gasteiger partial charge in [-0.1, -0.05) is 30.1 Å². The lowest BCUT2D eigenvalue weighted by molar-refractivity contribution is -0.115. The molecule has 0 saturated carbocycles. The number of halogens is 2. The van der Waals surface area contributed by atoms with Crippen LogP contribution in [0.4, 0.5) is 11.4 Å². The number of carbonyl (C=O) groups is 1. The zero-order valence-electron chi connectivity index (χ0n) is 10.5. The molecule has 1 amide bonds. The molecule has 0 aliphatic carbocycles. The van der Waals surface area contributed by atoms with Crippen molar-refractivity contribution in [3.63, 3.8) is 0 Å². The van der Waals surface area contributed by atoms with Crippen molar-refractivity contribution in [2.75, 3.05) is 23.4 Å². The van der Waals surface area contributed by atoms with E-state index in [9.17, 15) is 4.79 Å². The Morgan fingerprint density at radius 3 is 2.58 bits per heavy atom. The molecule has 1 atom stereocenters. The summed E-state index contributed by atoms with van der Waals surface area (Å²) >= 11 is 13.5. The second-order valence-electron chi connectivity index (χ2n) is 4.02. The number of hydrogen-bond donors (Lipinski definition) is 3. The summed E-state index contributed by atoms with van der Waals surface area (Å²) in [6, 6.07) is 3.07. The van der Waals surface area contributed by atoms with Gasteiger partial charge in [0.05, 0.1) is 22.3 Å². The molecule has 4 nitrogen and oxygen atoms in total. The van der Waals surface area contributed by atoms with Gasteiger partial charge in [0.15, 0.2) is 0 Å². The highest BCUT2D eigenvalue weighted by Gasteiger charge is 2.11. The molecule has 1 unspecified atom stereocenters. The Morgan fingerprint density at radius 1 is 1.47 bits per heavy atom. The maximum Gasteiger partial charge on any atom is 0.225 e. The number of carbonyl (C=O) groups excluding carboxylic acids is 1. The summed E-state index contributed by atoms with van der Waals surface area (Å²) in [7, 11) is 0. The van der Waals surface area contributed by atoms with Crippen LogP contribution in [0.25, 0.3) is 0 Å². The number of thioether (sulfide) groups is 1. The largest absolute Gasteiger partial charge is 0.399 e. The van der Waals surface area contributed by atoms with E-state index in [2.05, 4.69) is 5.32 Å². The molecule has 19 heavy (non-hydrogen) atoms. The van der Waals surface area contributed by atoms with Gasteiger partial charge in [0.2, 0.25) is 5.91 Å². The monoisotopic (exact) mass is 322 g/mol. The van der Waals surface area contributed by atoms with Crippen LogP contribution >= 0.6 is 35.0 Å². The van der Waals surface area contributed by atoms with Crippen LogP contribution in [0.2, 0.25) is 10.0 Å². The fourth-order valence-electron chi connectivity index (χ4n) is 1.32. The number of hydrogen-bond acceptors (Lipinski definition) is 4. The van der Waals surface area contributed by atoms with E-state index in [0.29, 0.717) is 33.6 Å². The lowest BCUT2D eigenvalue weighted by Gasteiger charge is -2.11. The first-order valence-electron chi connectivity index (χ1n) is 5.71. The van der Waals surface area contributed by atoms with E-state index in [1.165, 1.54) is 23.9 Å². The zero-order valence-corrected chi connectivity index (χ0v) is 12.8. The summed E-state index contributed by atoms with van der Waals surface area (Å²) in [6.07, 6.45) is 0.325. The van der Waals surface area contributed by atoms with Crippen molar-refractivity contribution in [1.29, 1.82) is 0 Å². The van der Waals surface area contributed by atoms with Gasteiger partial charge in [-0.15, -0.1) is 0 Å². The number of aliphatic hydroxyl groups excluding tert-OH is 1. The van der Waals surface area contributed by atoms with Crippen LogP contribution in [0.1, 0.15) is 13.3 Å². The van der Waals surface area contributed by atoms with Crippen molar-refractivity contribution in [3.8, 4) is 0 Å². The molecule has 0 spiro atoms. The summed E-state index contributed by atoms with van der Waals surface area (Å²) in [4.78, 5) is 11.7. The molecule has 0 aliphatic heterocycles. The van der Waals surface area contributed by atoms with Gasteiger partial charge >= 0.3 is 0 Å². The van der Waals surface area contributed by atoms with E-state index in [-0.39, 0.29) is 17.8 Å². The smallest absolute Gasteiger partial charge is 0.225 e.